The quantitative estimate of drug-likeness (QED) is 0.644. The van der Waals surface area contributed by atoms with Crippen molar-refractivity contribution in [2.45, 2.75) is 25.3 Å². The Hall–Kier alpha value is -2.77. The smallest absolute Gasteiger partial charge is 0.328 e. The van der Waals surface area contributed by atoms with Gasteiger partial charge < -0.3 is 24.8 Å². The molecule has 8 heteroatoms. The number of hydrogen-bond donors (Lipinski definition) is 2. The minimum atomic E-state index is -0.912. The third kappa shape index (κ3) is 7.56. The van der Waals surface area contributed by atoms with Gasteiger partial charge in [-0.1, -0.05) is 12.1 Å². The van der Waals surface area contributed by atoms with Crippen LogP contribution in [0.1, 0.15) is 18.4 Å². The molecule has 0 aliphatic carbocycles. The molecule has 0 bridgehead atoms. The minimum Gasteiger partial charge on any atom is -0.497 e. The van der Waals surface area contributed by atoms with Crippen LogP contribution in [0.15, 0.2) is 24.3 Å². The van der Waals surface area contributed by atoms with E-state index < -0.39 is 24.0 Å². The van der Waals surface area contributed by atoms with Gasteiger partial charge in [0, 0.05) is 13.0 Å². The van der Waals surface area contributed by atoms with Crippen LogP contribution in [0.2, 0.25) is 0 Å². The van der Waals surface area contributed by atoms with Crippen molar-refractivity contribution >= 4 is 18.0 Å². The number of carbonyl (C=O) groups is 3. The topological polar surface area (TPSA) is 103 Å². The van der Waals surface area contributed by atoms with Gasteiger partial charge in [0.25, 0.3) is 0 Å². The summed E-state index contributed by atoms with van der Waals surface area (Å²) in [5, 5.41) is 5.16. The van der Waals surface area contributed by atoms with E-state index in [1.807, 2.05) is 24.3 Å². The third-order valence-corrected chi connectivity index (χ3v) is 3.51. The van der Waals surface area contributed by atoms with Crippen molar-refractivity contribution in [1.29, 1.82) is 0 Å². The summed E-state index contributed by atoms with van der Waals surface area (Å²) in [4.78, 5) is 34.8. The number of amides is 2. The van der Waals surface area contributed by atoms with E-state index in [9.17, 15) is 14.4 Å². The molecule has 0 aromatic heterocycles. The number of rotatable bonds is 9. The van der Waals surface area contributed by atoms with Crippen LogP contribution in [0.25, 0.3) is 0 Å². The van der Waals surface area contributed by atoms with Crippen LogP contribution in [-0.2, 0) is 25.5 Å². The Morgan fingerprint density at radius 2 is 1.72 bits per heavy atom. The van der Waals surface area contributed by atoms with Crippen molar-refractivity contribution in [2.75, 3.05) is 27.9 Å². The van der Waals surface area contributed by atoms with E-state index in [0.717, 1.165) is 11.3 Å². The summed E-state index contributed by atoms with van der Waals surface area (Å²) in [6, 6.07) is 6.09. The van der Waals surface area contributed by atoms with Crippen LogP contribution in [0.5, 0.6) is 5.75 Å². The molecule has 25 heavy (non-hydrogen) atoms. The summed E-state index contributed by atoms with van der Waals surface area (Å²) in [6.45, 7) is 0.392. The first-order valence-corrected chi connectivity index (χ1v) is 7.82. The van der Waals surface area contributed by atoms with Gasteiger partial charge in [-0.3, -0.25) is 4.79 Å². The monoisotopic (exact) mass is 352 g/mol. The first-order chi connectivity index (χ1) is 12.0. The lowest BCUT2D eigenvalue weighted by Gasteiger charge is -2.16. The highest BCUT2D eigenvalue weighted by Crippen LogP contribution is 2.11. The molecule has 0 saturated carbocycles. The molecule has 2 amide bonds. The summed E-state index contributed by atoms with van der Waals surface area (Å²) in [5.74, 6) is -0.314. The zero-order chi connectivity index (χ0) is 18.7. The van der Waals surface area contributed by atoms with Gasteiger partial charge in [-0.25, -0.2) is 9.59 Å². The molecule has 0 saturated heterocycles. The van der Waals surface area contributed by atoms with Crippen molar-refractivity contribution < 1.29 is 28.6 Å². The molecule has 0 radical (unpaired) electrons. The third-order valence-electron chi connectivity index (χ3n) is 3.51. The van der Waals surface area contributed by atoms with Crippen LogP contribution in [-0.4, -0.2) is 51.9 Å². The summed E-state index contributed by atoms with van der Waals surface area (Å²) < 4.78 is 14.2. The number of esters is 2. The number of carbonyl (C=O) groups excluding carboxylic acids is 3. The molecular weight excluding hydrogens is 328 g/mol. The second kappa shape index (κ2) is 10.9. The van der Waals surface area contributed by atoms with E-state index >= 15 is 0 Å². The minimum absolute atomic E-state index is 0.00238. The highest BCUT2D eigenvalue weighted by molar-refractivity contribution is 5.84. The van der Waals surface area contributed by atoms with Gasteiger partial charge >= 0.3 is 18.0 Å². The van der Waals surface area contributed by atoms with Gasteiger partial charge in [0.05, 0.1) is 21.3 Å². The Kier molecular flexibility index (Phi) is 8.84. The lowest BCUT2D eigenvalue weighted by Crippen LogP contribution is -2.47. The molecule has 138 valence electrons. The molecular formula is C17H24N2O6. The van der Waals surface area contributed by atoms with Gasteiger partial charge in [0.2, 0.25) is 0 Å². The second-order valence-corrected chi connectivity index (χ2v) is 5.19. The average molecular weight is 352 g/mol. The van der Waals surface area contributed by atoms with Crippen molar-refractivity contribution in [3.63, 3.8) is 0 Å². The van der Waals surface area contributed by atoms with E-state index in [1.54, 1.807) is 7.11 Å². The zero-order valence-electron chi connectivity index (χ0n) is 14.7. The molecule has 0 aliphatic rings. The first kappa shape index (κ1) is 20.3. The van der Waals surface area contributed by atoms with E-state index in [4.69, 9.17) is 4.74 Å². The van der Waals surface area contributed by atoms with Gasteiger partial charge in [-0.15, -0.1) is 0 Å². The van der Waals surface area contributed by atoms with Gasteiger partial charge in [0.1, 0.15) is 11.8 Å². The molecule has 1 atom stereocenters. The van der Waals surface area contributed by atoms with Crippen molar-refractivity contribution in [1.82, 2.24) is 10.6 Å². The average Bonchev–Trinajstić information content (AvgIpc) is 2.64. The van der Waals surface area contributed by atoms with E-state index in [0.29, 0.717) is 13.0 Å². The molecule has 1 aromatic carbocycles. The van der Waals surface area contributed by atoms with E-state index in [2.05, 4.69) is 20.1 Å². The Morgan fingerprint density at radius 3 is 2.28 bits per heavy atom. The summed E-state index contributed by atoms with van der Waals surface area (Å²) >= 11 is 0. The summed E-state index contributed by atoms with van der Waals surface area (Å²) in [6.07, 6.45) is 0.732. The van der Waals surface area contributed by atoms with Gasteiger partial charge in [0.15, 0.2) is 0 Å². The molecule has 1 rings (SSSR count). The molecule has 8 nitrogen and oxygen atoms in total. The number of benzene rings is 1. The van der Waals surface area contributed by atoms with Crippen LogP contribution >= 0.6 is 0 Å². The fourth-order valence-corrected chi connectivity index (χ4v) is 2.08. The lowest BCUT2D eigenvalue weighted by molar-refractivity contribution is -0.144. The van der Waals surface area contributed by atoms with Crippen LogP contribution in [0.4, 0.5) is 4.79 Å². The van der Waals surface area contributed by atoms with Gasteiger partial charge in [-0.2, -0.15) is 0 Å². The fourth-order valence-electron chi connectivity index (χ4n) is 2.08. The van der Waals surface area contributed by atoms with E-state index in [1.165, 1.54) is 14.2 Å². The number of urea groups is 1. The first-order valence-electron chi connectivity index (χ1n) is 7.82. The number of hydrogen-bond acceptors (Lipinski definition) is 6. The normalized spacial score (nSPS) is 11.2. The second-order valence-electron chi connectivity index (χ2n) is 5.19. The number of nitrogens with one attached hydrogen (secondary N) is 2. The predicted molar refractivity (Wildman–Crippen MR) is 90.3 cm³/mol. The number of methoxy groups -OCH3 is 3. The summed E-state index contributed by atoms with van der Waals surface area (Å²) in [7, 11) is 4.07. The fraction of sp³-hybridized carbons (Fsp3) is 0.471. The maximum Gasteiger partial charge on any atom is 0.328 e. The largest absolute Gasteiger partial charge is 0.497 e. The number of ether oxygens (including phenoxy) is 3. The highest BCUT2D eigenvalue weighted by atomic mass is 16.5. The van der Waals surface area contributed by atoms with Gasteiger partial charge in [-0.05, 0) is 30.5 Å². The summed E-state index contributed by atoms with van der Waals surface area (Å²) in [5.41, 5.74) is 1.04. The zero-order valence-corrected chi connectivity index (χ0v) is 14.7. The maximum absolute atomic E-state index is 11.9. The molecule has 2 N–H and O–H groups in total. The highest BCUT2D eigenvalue weighted by Gasteiger charge is 2.22. The van der Waals surface area contributed by atoms with Crippen molar-refractivity contribution in [3.8, 4) is 5.75 Å². The molecule has 0 heterocycles. The molecule has 1 aromatic rings. The van der Waals surface area contributed by atoms with Crippen LogP contribution in [0, 0.1) is 0 Å². The van der Waals surface area contributed by atoms with Crippen molar-refractivity contribution in [2.24, 2.45) is 0 Å². The maximum atomic E-state index is 11.9. The molecule has 0 unspecified atom stereocenters. The molecule has 0 aliphatic heterocycles. The standard InChI is InChI=1S/C17H24N2O6/c1-23-13-6-4-12(5-7-13)10-11-18-17(22)19-14(16(21)25-3)8-9-15(20)24-2/h4-7,14H,8-11H2,1-3H3,(H2,18,19,22)/t14-/m0/s1. The van der Waals surface area contributed by atoms with Crippen LogP contribution < -0.4 is 15.4 Å². The Morgan fingerprint density at radius 1 is 1.04 bits per heavy atom. The molecule has 0 spiro atoms. The van der Waals surface area contributed by atoms with Crippen molar-refractivity contribution in [3.05, 3.63) is 29.8 Å². The van der Waals surface area contributed by atoms with E-state index in [-0.39, 0.29) is 12.8 Å². The molecule has 0 fully saturated rings. The Balaban J connectivity index is 2.42. The SMILES string of the molecule is COC(=O)CC[C@H](NC(=O)NCCc1ccc(OC)cc1)C(=O)OC. The Bertz CT molecular complexity index is 573. The van der Waals surface area contributed by atoms with Crippen LogP contribution in [0.3, 0.4) is 0 Å². The predicted octanol–water partition coefficient (Wildman–Crippen LogP) is 1.03. The lowest BCUT2D eigenvalue weighted by atomic mass is 10.1. The Labute approximate surface area is 146 Å².